The Labute approximate surface area is 197 Å². The molecule has 0 unspecified atom stereocenters. The predicted molar refractivity (Wildman–Crippen MR) is 123 cm³/mol. The lowest BCUT2D eigenvalue weighted by atomic mass is 10.00. The van der Waals surface area contributed by atoms with Crippen molar-refractivity contribution in [3.8, 4) is 0 Å². The van der Waals surface area contributed by atoms with Crippen LogP contribution >= 0.6 is 23.2 Å². The molecule has 172 valence electrons. The Balaban J connectivity index is 1.58. The van der Waals surface area contributed by atoms with E-state index < -0.39 is 11.9 Å². The van der Waals surface area contributed by atoms with Crippen LogP contribution in [0.15, 0.2) is 41.2 Å². The fourth-order valence-electron chi connectivity index (χ4n) is 3.71. The maximum Gasteiger partial charge on any atom is 0.257 e. The highest BCUT2D eigenvalue weighted by molar-refractivity contribution is 6.36. The lowest BCUT2D eigenvalue weighted by Gasteiger charge is -2.33. The van der Waals surface area contributed by atoms with E-state index >= 15 is 0 Å². The highest BCUT2D eigenvalue weighted by atomic mass is 35.5. The fourth-order valence-corrected chi connectivity index (χ4v) is 4.20. The first-order valence-electron chi connectivity index (χ1n) is 10.6. The van der Waals surface area contributed by atoms with E-state index in [9.17, 15) is 14.4 Å². The van der Waals surface area contributed by atoms with Gasteiger partial charge < -0.3 is 20.0 Å². The van der Waals surface area contributed by atoms with Gasteiger partial charge in [-0.05, 0) is 49.4 Å². The van der Waals surface area contributed by atoms with Gasteiger partial charge in [-0.3, -0.25) is 14.4 Å². The maximum atomic E-state index is 13.0. The van der Waals surface area contributed by atoms with Crippen LogP contribution in [0.4, 0.5) is 0 Å². The van der Waals surface area contributed by atoms with Crippen molar-refractivity contribution in [3.63, 3.8) is 0 Å². The number of carbonyl (C=O) groups excluding carboxylic acids is 3. The molecule has 9 heteroatoms. The molecule has 1 saturated heterocycles. The highest BCUT2D eigenvalue weighted by Gasteiger charge is 2.29. The first-order valence-corrected chi connectivity index (χ1v) is 11.4. The molecule has 2 heterocycles. The van der Waals surface area contributed by atoms with Gasteiger partial charge in [-0.25, -0.2) is 0 Å². The molecule has 2 N–H and O–H groups in total. The van der Waals surface area contributed by atoms with E-state index in [1.807, 2.05) is 13.8 Å². The third-order valence-corrected chi connectivity index (χ3v) is 5.95. The largest absolute Gasteiger partial charge is 0.472 e. The number of rotatable bonds is 7. The van der Waals surface area contributed by atoms with Gasteiger partial charge in [-0.15, -0.1) is 0 Å². The molecule has 1 fully saturated rings. The minimum Gasteiger partial charge on any atom is -0.472 e. The average Bonchev–Trinajstić information content (AvgIpc) is 3.27. The van der Waals surface area contributed by atoms with Gasteiger partial charge in [0, 0.05) is 24.2 Å². The molecule has 1 atom stereocenters. The molecule has 1 aromatic heterocycles. The summed E-state index contributed by atoms with van der Waals surface area (Å²) < 4.78 is 4.98. The molecule has 0 aliphatic carbocycles. The van der Waals surface area contributed by atoms with Gasteiger partial charge in [0.15, 0.2) is 0 Å². The Hall–Kier alpha value is -2.51. The monoisotopic (exact) mass is 479 g/mol. The number of likely N-dealkylation sites (tertiary alicyclic amines) is 1. The molecular formula is C23H27Cl2N3O4. The zero-order valence-electron chi connectivity index (χ0n) is 18.1. The number of furan rings is 1. The van der Waals surface area contributed by atoms with Crippen molar-refractivity contribution in [1.29, 1.82) is 0 Å². The number of halogens is 2. The Morgan fingerprint density at radius 1 is 1.16 bits per heavy atom. The molecule has 3 rings (SSSR count). The van der Waals surface area contributed by atoms with Crippen LogP contribution in [0.2, 0.25) is 10.0 Å². The molecule has 0 spiro atoms. The summed E-state index contributed by atoms with van der Waals surface area (Å²) in [5, 5.41) is 6.50. The van der Waals surface area contributed by atoms with Crippen molar-refractivity contribution in [1.82, 2.24) is 15.5 Å². The van der Waals surface area contributed by atoms with Gasteiger partial charge in [0.1, 0.15) is 12.3 Å². The number of benzene rings is 1. The Morgan fingerprint density at radius 3 is 2.47 bits per heavy atom. The summed E-state index contributed by atoms with van der Waals surface area (Å²) >= 11 is 12.0. The molecule has 32 heavy (non-hydrogen) atoms. The second-order valence-electron chi connectivity index (χ2n) is 8.37. The van der Waals surface area contributed by atoms with Gasteiger partial charge in [-0.1, -0.05) is 37.0 Å². The van der Waals surface area contributed by atoms with Crippen LogP contribution in [-0.2, 0) is 4.79 Å². The summed E-state index contributed by atoms with van der Waals surface area (Å²) in [6.45, 7) is 5.05. The van der Waals surface area contributed by atoms with Gasteiger partial charge in [-0.2, -0.15) is 0 Å². The van der Waals surface area contributed by atoms with Crippen molar-refractivity contribution in [3.05, 3.63) is 58.0 Å². The zero-order valence-corrected chi connectivity index (χ0v) is 19.6. The number of piperidine rings is 1. The smallest absolute Gasteiger partial charge is 0.257 e. The molecule has 3 amide bonds. The van der Waals surface area contributed by atoms with E-state index in [1.54, 1.807) is 17.0 Å². The molecule has 1 aromatic carbocycles. The summed E-state index contributed by atoms with van der Waals surface area (Å²) in [4.78, 5) is 39.9. The van der Waals surface area contributed by atoms with Crippen LogP contribution in [-0.4, -0.2) is 47.8 Å². The number of nitrogens with zero attached hydrogens (tertiary/aromatic N) is 1. The fraction of sp³-hybridized carbons (Fsp3) is 0.435. The average molecular weight is 480 g/mol. The van der Waals surface area contributed by atoms with Gasteiger partial charge >= 0.3 is 0 Å². The summed E-state index contributed by atoms with van der Waals surface area (Å²) in [6, 6.07) is 5.49. The lowest BCUT2D eigenvalue weighted by molar-refractivity contribution is -0.124. The van der Waals surface area contributed by atoms with E-state index in [1.165, 1.54) is 24.7 Å². The second-order valence-corrected chi connectivity index (χ2v) is 9.21. The van der Waals surface area contributed by atoms with E-state index in [0.29, 0.717) is 42.9 Å². The first-order chi connectivity index (χ1) is 15.2. The van der Waals surface area contributed by atoms with Crippen molar-refractivity contribution >= 4 is 40.9 Å². The molecule has 0 bridgehead atoms. The normalized spacial score (nSPS) is 15.5. The summed E-state index contributed by atoms with van der Waals surface area (Å²) in [6.07, 6.45) is 4.67. The van der Waals surface area contributed by atoms with E-state index in [4.69, 9.17) is 27.6 Å². The van der Waals surface area contributed by atoms with Gasteiger partial charge in [0.05, 0.1) is 22.4 Å². The quantitative estimate of drug-likeness (QED) is 0.623. The van der Waals surface area contributed by atoms with Gasteiger partial charge in [0.25, 0.3) is 11.8 Å². The minimum absolute atomic E-state index is 0.0680. The van der Waals surface area contributed by atoms with Crippen LogP contribution in [0.5, 0.6) is 0 Å². The molecule has 1 aliphatic rings. The van der Waals surface area contributed by atoms with Crippen LogP contribution in [0, 0.1) is 5.92 Å². The van der Waals surface area contributed by atoms with Crippen molar-refractivity contribution < 1.29 is 18.8 Å². The minimum atomic E-state index is -0.695. The Morgan fingerprint density at radius 2 is 1.88 bits per heavy atom. The number of nitrogens with one attached hydrogen (secondary N) is 2. The highest BCUT2D eigenvalue weighted by Crippen LogP contribution is 2.21. The number of hydrogen-bond donors (Lipinski definition) is 2. The maximum absolute atomic E-state index is 13.0. The van der Waals surface area contributed by atoms with Crippen LogP contribution in [0.1, 0.15) is 53.8 Å². The Kier molecular flexibility index (Phi) is 8.21. The molecule has 7 nitrogen and oxygen atoms in total. The predicted octanol–water partition coefficient (Wildman–Crippen LogP) is 4.15. The van der Waals surface area contributed by atoms with Crippen molar-refractivity contribution in [2.75, 3.05) is 13.1 Å². The zero-order chi connectivity index (χ0) is 23.3. The Bertz CT molecular complexity index is 954. The van der Waals surface area contributed by atoms with Gasteiger partial charge in [0.2, 0.25) is 5.91 Å². The van der Waals surface area contributed by atoms with Crippen LogP contribution < -0.4 is 10.6 Å². The summed E-state index contributed by atoms with van der Waals surface area (Å²) in [7, 11) is 0. The molecule has 0 radical (unpaired) electrons. The third-order valence-electron chi connectivity index (χ3n) is 5.40. The van der Waals surface area contributed by atoms with Crippen molar-refractivity contribution in [2.45, 2.75) is 45.2 Å². The number of carbonyl (C=O) groups is 3. The van der Waals surface area contributed by atoms with Crippen LogP contribution in [0.25, 0.3) is 0 Å². The van der Waals surface area contributed by atoms with Crippen LogP contribution in [0.3, 0.4) is 0 Å². The molecular weight excluding hydrogens is 453 g/mol. The standard InChI is InChI=1S/C23H27Cl2N3O4/c1-14(2)11-20(27-21(29)18-4-3-16(24)12-19(18)25)22(30)26-17-5-8-28(9-6-17)23(31)15-7-10-32-13-15/h3-4,7,10,12-14,17,20H,5-6,8-9,11H2,1-2H3,(H,26,30)(H,27,29)/t20-/m0/s1. The van der Waals surface area contributed by atoms with E-state index in [-0.39, 0.29) is 34.4 Å². The topological polar surface area (TPSA) is 91.7 Å². The number of hydrogen-bond acceptors (Lipinski definition) is 4. The SMILES string of the molecule is CC(C)C[C@H](NC(=O)c1ccc(Cl)cc1Cl)C(=O)NC1CCN(C(=O)c2ccoc2)CC1. The molecule has 2 aromatic rings. The molecule has 1 aliphatic heterocycles. The first kappa shape index (κ1) is 24.1. The second kappa shape index (κ2) is 10.9. The van der Waals surface area contributed by atoms with E-state index in [0.717, 1.165) is 0 Å². The molecule has 0 saturated carbocycles. The lowest BCUT2D eigenvalue weighted by Crippen LogP contribution is -2.53. The van der Waals surface area contributed by atoms with E-state index in [2.05, 4.69) is 10.6 Å². The summed E-state index contributed by atoms with van der Waals surface area (Å²) in [5.41, 5.74) is 0.789. The summed E-state index contributed by atoms with van der Waals surface area (Å²) in [5.74, 6) is -0.542. The third kappa shape index (κ3) is 6.26. The van der Waals surface area contributed by atoms with Crippen molar-refractivity contribution in [2.24, 2.45) is 5.92 Å². The number of amides is 3.